The Morgan fingerprint density at radius 2 is 2.05 bits per heavy atom. The zero-order chi connectivity index (χ0) is 15.0. The molecule has 1 aromatic carbocycles. The predicted octanol–water partition coefficient (Wildman–Crippen LogP) is 4.10. The molecule has 106 valence electrons. The number of benzene rings is 1. The minimum Gasteiger partial charge on any atom is -0.275 e. The Morgan fingerprint density at radius 3 is 2.71 bits per heavy atom. The molecule has 4 nitrogen and oxygen atoms in total. The summed E-state index contributed by atoms with van der Waals surface area (Å²) in [7, 11) is 1.82. The minimum atomic E-state index is -0.333. The van der Waals surface area contributed by atoms with Crippen molar-refractivity contribution in [1.29, 1.82) is 0 Å². The van der Waals surface area contributed by atoms with Gasteiger partial charge < -0.3 is 0 Å². The fourth-order valence-electron chi connectivity index (χ4n) is 1.91. The number of hydrogen-bond donors (Lipinski definition) is 0. The molecule has 0 atom stereocenters. The topological polar surface area (TPSA) is 43.6 Å². The second-order valence-corrected chi connectivity index (χ2v) is 5.67. The maximum Gasteiger partial charge on any atom is 0.162 e. The lowest BCUT2D eigenvalue weighted by molar-refractivity contribution is 0.627. The van der Waals surface area contributed by atoms with Crippen molar-refractivity contribution in [2.45, 2.75) is 0 Å². The molecule has 0 N–H and O–H groups in total. The van der Waals surface area contributed by atoms with Gasteiger partial charge in [-0.25, -0.2) is 14.4 Å². The molecule has 0 saturated heterocycles. The Kier molecular flexibility index (Phi) is 3.73. The molecule has 0 spiro atoms. The van der Waals surface area contributed by atoms with Crippen molar-refractivity contribution < 1.29 is 4.39 Å². The Bertz CT molecular complexity index is 818. The van der Waals surface area contributed by atoms with Crippen LogP contribution in [0, 0.1) is 5.82 Å². The highest BCUT2D eigenvalue weighted by Gasteiger charge is 2.12. The van der Waals surface area contributed by atoms with Gasteiger partial charge in [0.2, 0.25) is 0 Å². The Labute approximate surface area is 133 Å². The number of rotatable bonds is 2. The largest absolute Gasteiger partial charge is 0.275 e. The molecule has 0 unspecified atom stereocenters. The molecule has 0 fully saturated rings. The lowest BCUT2D eigenvalue weighted by Crippen LogP contribution is -1.94. The molecular weight excluding hydrogens is 359 g/mol. The molecule has 2 heterocycles. The van der Waals surface area contributed by atoms with Gasteiger partial charge in [-0.1, -0.05) is 11.6 Å². The van der Waals surface area contributed by atoms with Crippen LogP contribution in [0.1, 0.15) is 0 Å². The summed E-state index contributed by atoms with van der Waals surface area (Å²) in [6.07, 6.45) is 3.53. The summed E-state index contributed by atoms with van der Waals surface area (Å²) in [6.45, 7) is 0. The maximum absolute atomic E-state index is 13.2. The van der Waals surface area contributed by atoms with Gasteiger partial charge in [-0.3, -0.25) is 4.68 Å². The second kappa shape index (κ2) is 5.54. The van der Waals surface area contributed by atoms with Crippen LogP contribution in [-0.4, -0.2) is 19.7 Å². The van der Waals surface area contributed by atoms with Crippen molar-refractivity contribution in [3.05, 3.63) is 52.1 Å². The Hall–Kier alpha value is -1.79. The zero-order valence-corrected chi connectivity index (χ0v) is 13.2. The normalized spacial score (nSPS) is 10.9. The average Bonchev–Trinajstić information content (AvgIpc) is 2.84. The van der Waals surface area contributed by atoms with E-state index in [9.17, 15) is 4.39 Å². The van der Waals surface area contributed by atoms with E-state index in [2.05, 4.69) is 31.0 Å². The molecule has 3 aromatic rings. The molecule has 21 heavy (non-hydrogen) atoms. The van der Waals surface area contributed by atoms with Crippen LogP contribution in [0.15, 0.2) is 41.1 Å². The van der Waals surface area contributed by atoms with Crippen molar-refractivity contribution in [3.63, 3.8) is 0 Å². The van der Waals surface area contributed by atoms with E-state index in [0.717, 1.165) is 5.56 Å². The second-order valence-electron chi connectivity index (χ2n) is 4.43. The van der Waals surface area contributed by atoms with Gasteiger partial charge in [0.05, 0.1) is 11.9 Å². The zero-order valence-electron chi connectivity index (χ0n) is 10.9. The smallest absolute Gasteiger partial charge is 0.162 e. The van der Waals surface area contributed by atoms with E-state index in [1.54, 1.807) is 23.0 Å². The van der Waals surface area contributed by atoms with Crippen molar-refractivity contribution in [3.8, 4) is 22.6 Å². The van der Waals surface area contributed by atoms with Gasteiger partial charge in [0.1, 0.15) is 11.0 Å². The lowest BCUT2D eigenvalue weighted by atomic mass is 10.2. The molecule has 0 radical (unpaired) electrons. The molecule has 2 aromatic heterocycles. The minimum absolute atomic E-state index is 0.315. The first-order valence-electron chi connectivity index (χ1n) is 6.02. The SMILES string of the molecule is Cn1cc(-c2cc(Cl)nc(-c3ccc(F)cc3Br)n2)cn1. The first kappa shape index (κ1) is 14.2. The van der Waals surface area contributed by atoms with Crippen molar-refractivity contribution in [2.75, 3.05) is 0 Å². The maximum atomic E-state index is 13.2. The Morgan fingerprint density at radius 1 is 1.24 bits per heavy atom. The van der Waals surface area contributed by atoms with Crippen LogP contribution in [0.5, 0.6) is 0 Å². The summed E-state index contributed by atoms with van der Waals surface area (Å²) in [5.41, 5.74) is 2.17. The first-order valence-corrected chi connectivity index (χ1v) is 7.19. The molecule has 7 heteroatoms. The van der Waals surface area contributed by atoms with Crippen LogP contribution in [0.25, 0.3) is 22.6 Å². The van der Waals surface area contributed by atoms with Gasteiger partial charge >= 0.3 is 0 Å². The lowest BCUT2D eigenvalue weighted by Gasteiger charge is -2.06. The molecule has 3 rings (SSSR count). The van der Waals surface area contributed by atoms with Gasteiger partial charge in [-0.2, -0.15) is 5.10 Å². The predicted molar refractivity (Wildman–Crippen MR) is 82.3 cm³/mol. The standard InChI is InChI=1S/C14H9BrClFN4/c1-21-7-8(6-18-21)12-5-13(16)20-14(19-12)10-3-2-9(17)4-11(10)15/h2-7H,1H3. The number of aryl methyl sites for hydroxylation is 1. The number of nitrogens with zero attached hydrogens (tertiary/aromatic N) is 4. The van der Waals surface area contributed by atoms with Gasteiger partial charge in [0, 0.05) is 34.9 Å². The van der Waals surface area contributed by atoms with Crippen LogP contribution in [0.2, 0.25) is 5.15 Å². The number of aromatic nitrogens is 4. The highest BCUT2D eigenvalue weighted by molar-refractivity contribution is 9.10. The third-order valence-corrected chi connectivity index (χ3v) is 3.72. The van der Waals surface area contributed by atoms with E-state index in [1.165, 1.54) is 12.1 Å². The van der Waals surface area contributed by atoms with Crippen LogP contribution in [-0.2, 0) is 7.05 Å². The summed E-state index contributed by atoms with van der Waals surface area (Å²) in [6, 6.07) is 6.00. The van der Waals surface area contributed by atoms with Gasteiger partial charge in [0.25, 0.3) is 0 Å². The highest BCUT2D eigenvalue weighted by Crippen LogP contribution is 2.29. The average molecular weight is 368 g/mol. The van der Waals surface area contributed by atoms with Crippen molar-refractivity contribution in [1.82, 2.24) is 19.7 Å². The fourth-order valence-corrected chi connectivity index (χ4v) is 2.62. The molecule has 0 bridgehead atoms. The van der Waals surface area contributed by atoms with Crippen molar-refractivity contribution in [2.24, 2.45) is 7.05 Å². The van der Waals surface area contributed by atoms with E-state index in [0.29, 0.717) is 26.7 Å². The molecular formula is C14H9BrClFN4. The monoisotopic (exact) mass is 366 g/mol. The number of halogens is 3. The van der Waals surface area contributed by atoms with Crippen LogP contribution in [0.3, 0.4) is 0 Å². The third kappa shape index (κ3) is 2.96. The fraction of sp³-hybridized carbons (Fsp3) is 0.0714. The van der Waals surface area contributed by atoms with Crippen LogP contribution < -0.4 is 0 Å². The van der Waals surface area contributed by atoms with Crippen molar-refractivity contribution >= 4 is 27.5 Å². The molecule has 0 amide bonds. The van der Waals surface area contributed by atoms with E-state index in [4.69, 9.17) is 11.6 Å². The molecule has 0 aliphatic carbocycles. The van der Waals surface area contributed by atoms with Gasteiger partial charge in [0.15, 0.2) is 5.82 Å². The summed E-state index contributed by atoms with van der Waals surface area (Å²) < 4.78 is 15.4. The highest BCUT2D eigenvalue weighted by atomic mass is 79.9. The first-order chi connectivity index (χ1) is 10.0. The quantitative estimate of drug-likeness (QED) is 0.641. The summed E-state index contributed by atoms with van der Waals surface area (Å²) in [5, 5.41) is 4.42. The van der Waals surface area contributed by atoms with Crippen LogP contribution in [0.4, 0.5) is 4.39 Å². The molecule has 0 aliphatic rings. The summed E-state index contributed by atoms with van der Waals surface area (Å²) in [5.74, 6) is 0.0911. The summed E-state index contributed by atoms with van der Waals surface area (Å²) in [4.78, 5) is 8.68. The van der Waals surface area contributed by atoms with Gasteiger partial charge in [-0.15, -0.1) is 0 Å². The van der Waals surface area contributed by atoms with E-state index in [1.807, 2.05) is 13.2 Å². The van der Waals surface area contributed by atoms with Crippen LogP contribution >= 0.6 is 27.5 Å². The Balaban J connectivity index is 2.13. The molecule has 0 saturated carbocycles. The van der Waals surface area contributed by atoms with E-state index in [-0.39, 0.29) is 5.82 Å². The molecule has 0 aliphatic heterocycles. The number of hydrogen-bond acceptors (Lipinski definition) is 3. The van der Waals surface area contributed by atoms with Gasteiger partial charge in [-0.05, 0) is 34.1 Å². The third-order valence-electron chi connectivity index (χ3n) is 2.87. The summed E-state index contributed by atoms with van der Waals surface area (Å²) >= 11 is 9.39. The van der Waals surface area contributed by atoms with E-state index < -0.39 is 0 Å². The van der Waals surface area contributed by atoms with E-state index >= 15 is 0 Å².